The highest BCUT2D eigenvalue weighted by Crippen LogP contribution is 2.34. The Morgan fingerprint density at radius 1 is 1.13 bits per heavy atom. The van der Waals surface area contributed by atoms with E-state index in [0.29, 0.717) is 29.1 Å². The summed E-state index contributed by atoms with van der Waals surface area (Å²) < 4.78 is 4.50. The second-order valence-electron chi connectivity index (χ2n) is 8.69. The molecule has 2 aromatic carbocycles. The third-order valence-corrected chi connectivity index (χ3v) is 7.36. The second-order valence-corrected chi connectivity index (χ2v) is 9.72. The van der Waals surface area contributed by atoms with Gasteiger partial charge in [0.05, 0.1) is 27.5 Å². The van der Waals surface area contributed by atoms with Crippen LogP contribution in [0, 0.1) is 6.92 Å². The Balaban J connectivity index is 0.000000937. The van der Waals surface area contributed by atoms with Crippen molar-refractivity contribution < 1.29 is 4.79 Å². The van der Waals surface area contributed by atoms with E-state index in [1.54, 1.807) is 27.6 Å². The molecule has 0 fully saturated rings. The van der Waals surface area contributed by atoms with E-state index in [1.807, 2.05) is 50.4 Å². The number of rotatable bonds is 4. The third-order valence-electron chi connectivity index (χ3n) is 6.32. The number of anilines is 2. The van der Waals surface area contributed by atoms with Crippen LogP contribution >= 0.6 is 11.3 Å². The van der Waals surface area contributed by atoms with Gasteiger partial charge in [0.2, 0.25) is 0 Å². The zero-order chi connectivity index (χ0) is 27.0. The molecule has 0 atom stereocenters. The number of carbonyl (C=O) groups is 1. The van der Waals surface area contributed by atoms with Crippen LogP contribution in [-0.2, 0) is 18.4 Å². The van der Waals surface area contributed by atoms with Crippen LogP contribution < -0.4 is 16.6 Å². The second kappa shape index (κ2) is 10.0. The number of pyridine rings is 1. The zero-order valence-electron chi connectivity index (χ0n) is 21.4. The molecule has 0 saturated carbocycles. The Kier molecular flexibility index (Phi) is 6.60. The summed E-state index contributed by atoms with van der Waals surface area (Å²) >= 11 is 1.57. The molecule has 0 radical (unpaired) electrons. The predicted octanol–water partition coefficient (Wildman–Crippen LogP) is 4.14. The topological polar surface area (TPSA) is 134 Å². The van der Waals surface area contributed by atoms with E-state index in [4.69, 9.17) is 15.6 Å². The maximum atomic E-state index is 13.1. The number of hydrogen-bond donors (Lipinski definition) is 2. The van der Waals surface area contributed by atoms with Gasteiger partial charge < -0.3 is 20.4 Å². The number of thiazole rings is 1. The number of hydrogen-bond acceptors (Lipinski definition) is 9. The van der Waals surface area contributed by atoms with Crippen LogP contribution in [-0.4, -0.2) is 42.6 Å². The molecule has 0 unspecified atom stereocenters. The lowest BCUT2D eigenvalue weighted by atomic mass is 10.1. The molecular weight excluding hydrogens is 500 g/mol. The Morgan fingerprint density at radius 2 is 1.92 bits per heavy atom. The van der Waals surface area contributed by atoms with Gasteiger partial charge in [0, 0.05) is 25.4 Å². The van der Waals surface area contributed by atoms with Gasteiger partial charge >= 0.3 is 0 Å². The number of benzene rings is 2. The zero-order valence-corrected chi connectivity index (χ0v) is 22.2. The summed E-state index contributed by atoms with van der Waals surface area (Å²) in [5, 5.41) is 11.2. The summed E-state index contributed by atoms with van der Waals surface area (Å²) in [6.07, 6.45) is 2.19. The van der Waals surface area contributed by atoms with E-state index < -0.39 is 0 Å². The van der Waals surface area contributed by atoms with Gasteiger partial charge in [-0.05, 0) is 43.0 Å². The first-order valence-corrected chi connectivity index (χ1v) is 12.7. The molecule has 0 aliphatic carbocycles. The van der Waals surface area contributed by atoms with Crippen LogP contribution in [0.4, 0.5) is 10.9 Å². The summed E-state index contributed by atoms with van der Waals surface area (Å²) in [5.74, 6) is 0.361. The van der Waals surface area contributed by atoms with Crippen LogP contribution in [0.2, 0.25) is 0 Å². The summed E-state index contributed by atoms with van der Waals surface area (Å²) in [7, 11) is 3.64. The monoisotopic (exact) mass is 526 g/mol. The SMILES string of the molecule is CC=O.CNc1nc2ccc(-c3nn(Cc4cc5cccc(C)c5c(=O)n4C)c4ncnc(N)c34)cc2s1. The van der Waals surface area contributed by atoms with Crippen molar-refractivity contribution in [3.63, 3.8) is 0 Å². The van der Waals surface area contributed by atoms with E-state index in [1.165, 1.54) is 13.3 Å². The van der Waals surface area contributed by atoms with Gasteiger partial charge in [-0.3, -0.25) is 4.79 Å². The highest BCUT2D eigenvalue weighted by atomic mass is 32.1. The van der Waals surface area contributed by atoms with Gasteiger partial charge in [-0.1, -0.05) is 35.6 Å². The van der Waals surface area contributed by atoms with Gasteiger partial charge in [-0.2, -0.15) is 5.10 Å². The van der Waals surface area contributed by atoms with Crippen LogP contribution in [0.5, 0.6) is 0 Å². The van der Waals surface area contributed by atoms with Crippen molar-refractivity contribution >= 4 is 60.6 Å². The van der Waals surface area contributed by atoms with Crippen LogP contribution in [0.1, 0.15) is 18.2 Å². The highest BCUT2D eigenvalue weighted by molar-refractivity contribution is 7.22. The lowest BCUT2D eigenvalue weighted by Crippen LogP contribution is -2.23. The van der Waals surface area contributed by atoms with Crippen molar-refractivity contribution in [3.05, 3.63) is 70.4 Å². The molecule has 192 valence electrons. The normalized spacial score (nSPS) is 11.1. The number of nitrogens with zero attached hydrogens (tertiary/aromatic N) is 6. The number of aryl methyl sites for hydroxylation is 1. The number of nitrogens with two attached hydrogens (primary N) is 1. The Hall–Kier alpha value is -4.64. The number of nitrogen functional groups attached to an aromatic ring is 1. The van der Waals surface area contributed by atoms with Crippen molar-refractivity contribution in [2.24, 2.45) is 7.05 Å². The number of nitrogens with one attached hydrogen (secondary N) is 1. The minimum absolute atomic E-state index is 0.0302. The maximum Gasteiger partial charge on any atom is 0.258 e. The molecule has 0 aliphatic heterocycles. The Labute approximate surface area is 221 Å². The number of carbonyl (C=O) groups excluding carboxylic acids is 1. The fourth-order valence-corrected chi connectivity index (χ4v) is 5.36. The molecular formula is C27H26N8O2S. The van der Waals surface area contributed by atoms with Crippen molar-refractivity contribution in [1.82, 2.24) is 29.3 Å². The van der Waals surface area contributed by atoms with E-state index >= 15 is 0 Å². The minimum atomic E-state index is -0.0302. The first kappa shape index (κ1) is 25.0. The number of fused-ring (bicyclic) bond motifs is 3. The molecule has 4 aromatic heterocycles. The molecule has 6 aromatic rings. The van der Waals surface area contributed by atoms with Gasteiger partial charge in [-0.25, -0.2) is 19.6 Å². The standard InChI is InChI=1S/C25H22N8OS.C2H4O/c1-13-5-4-6-14-9-16(32(3)24(34)19(13)14)11-33-23-20(22(26)28-12-29-23)21(31-33)15-7-8-17-18(10-15)35-25(27-2)30-17;1-2-3/h4-10,12H,11H2,1-3H3,(H,27,30)(H2,26,28,29);2H,1H3. The molecule has 0 bridgehead atoms. The van der Waals surface area contributed by atoms with Gasteiger partial charge in [-0.15, -0.1) is 0 Å². The van der Waals surface area contributed by atoms with Crippen molar-refractivity contribution in [1.29, 1.82) is 0 Å². The van der Waals surface area contributed by atoms with Gasteiger partial charge in [0.1, 0.15) is 24.1 Å². The molecule has 10 nitrogen and oxygen atoms in total. The third kappa shape index (κ3) is 4.26. The minimum Gasteiger partial charge on any atom is -0.383 e. The average molecular weight is 527 g/mol. The summed E-state index contributed by atoms with van der Waals surface area (Å²) in [6.45, 7) is 3.76. The predicted molar refractivity (Wildman–Crippen MR) is 153 cm³/mol. The first-order chi connectivity index (χ1) is 18.4. The molecule has 0 spiro atoms. The molecule has 6 rings (SSSR count). The molecule has 0 amide bonds. The average Bonchev–Trinajstić information content (AvgIpc) is 3.49. The molecule has 0 aliphatic rings. The van der Waals surface area contributed by atoms with Gasteiger partial charge in [0.15, 0.2) is 10.8 Å². The highest BCUT2D eigenvalue weighted by Gasteiger charge is 2.19. The molecule has 3 N–H and O–H groups in total. The smallest absolute Gasteiger partial charge is 0.258 e. The number of aldehydes is 1. The number of aromatic nitrogens is 6. The van der Waals surface area contributed by atoms with E-state index in [9.17, 15) is 4.79 Å². The summed E-state index contributed by atoms with van der Waals surface area (Å²) in [5.41, 5.74) is 11.2. The summed E-state index contributed by atoms with van der Waals surface area (Å²) in [4.78, 5) is 35.2. The van der Waals surface area contributed by atoms with Crippen LogP contribution in [0.3, 0.4) is 0 Å². The first-order valence-electron chi connectivity index (χ1n) is 11.9. The largest absolute Gasteiger partial charge is 0.383 e. The van der Waals surface area contributed by atoms with Gasteiger partial charge in [0.25, 0.3) is 5.56 Å². The molecule has 38 heavy (non-hydrogen) atoms. The van der Waals surface area contributed by atoms with Crippen molar-refractivity contribution in [2.75, 3.05) is 18.1 Å². The quantitative estimate of drug-likeness (QED) is 0.327. The summed E-state index contributed by atoms with van der Waals surface area (Å²) in [6, 6.07) is 13.9. The fraction of sp³-hybridized carbons (Fsp3) is 0.185. The lowest BCUT2D eigenvalue weighted by molar-refractivity contribution is -0.106. The molecule has 11 heteroatoms. The Bertz CT molecular complexity index is 1890. The Morgan fingerprint density at radius 3 is 2.68 bits per heavy atom. The molecule has 0 saturated heterocycles. The molecule has 4 heterocycles. The van der Waals surface area contributed by atoms with E-state index in [2.05, 4.69) is 26.3 Å². The maximum absolute atomic E-state index is 13.1. The van der Waals surface area contributed by atoms with Crippen LogP contribution in [0.25, 0.3) is 43.3 Å². The van der Waals surface area contributed by atoms with E-state index in [0.717, 1.165) is 49.2 Å². The lowest BCUT2D eigenvalue weighted by Gasteiger charge is -2.12. The van der Waals surface area contributed by atoms with Crippen LogP contribution in [0.15, 0.2) is 53.6 Å². The van der Waals surface area contributed by atoms with Crippen molar-refractivity contribution in [2.45, 2.75) is 20.4 Å². The van der Waals surface area contributed by atoms with Crippen molar-refractivity contribution in [3.8, 4) is 11.3 Å². The van der Waals surface area contributed by atoms with E-state index in [-0.39, 0.29) is 5.56 Å². The fourth-order valence-electron chi connectivity index (χ4n) is 4.50.